The average Bonchev–Trinajstić information content (AvgIpc) is 2.87. The number of anilines is 1. The Morgan fingerprint density at radius 2 is 1.88 bits per heavy atom. The van der Waals surface area contributed by atoms with Crippen LogP contribution in [0.5, 0.6) is 0 Å². The highest BCUT2D eigenvalue weighted by Gasteiger charge is 2.20. The molecule has 1 aromatic heterocycles. The first-order chi connectivity index (χ1) is 11.2. The lowest BCUT2D eigenvalue weighted by molar-refractivity contribution is 0.0942. The summed E-state index contributed by atoms with van der Waals surface area (Å²) in [5.74, 6) is -0.236. The summed E-state index contributed by atoms with van der Waals surface area (Å²) in [6.07, 6.45) is 0.816. The molecule has 1 amide bonds. The van der Waals surface area contributed by atoms with Crippen molar-refractivity contribution in [1.29, 1.82) is 0 Å². The van der Waals surface area contributed by atoms with E-state index in [0.717, 1.165) is 23.3 Å². The van der Waals surface area contributed by atoms with Crippen molar-refractivity contribution in [1.82, 2.24) is 10.3 Å². The highest BCUT2D eigenvalue weighted by atomic mass is 32.2. The van der Waals surface area contributed by atoms with Crippen LogP contribution in [0.3, 0.4) is 0 Å². The van der Waals surface area contributed by atoms with E-state index in [1.54, 1.807) is 19.1 Å². The van der Waals surface area contributed by atoms with E-state index in [2.05, 4.69) is 15.0 Å². The van der Waals surface area contributed by atoms with Gasteiger partial charge in [-0.25, -0.2) is 13.4 Å². The predicted molar refractivity (Wildman–Crippen MR) is 96.1 cm³/mol. The Morgan fingerprint density at radius 3 is 2.46 bits per heavy atom. The van der Waals surface area contributed by atoms with Crippen LogP contribution in [0.4, 0.5) is 5.13 Å². The summed E-state index contributed by atoms with van der Waals surface area (Å²) in [4.78, 5) is 16.9. The van der Waals surface area contributed by atoms with Crippen molar-refractivity contribution in [3.63, 3.8) is 0 Å². The van der Waals surface area contributed by atoms with Crippen LogP contribution in [0.1, 0.15) is 41.2 Å². The Hall–Kier alpha value is -1.93. The fraction of sp³-hybridized carbons (Fsp3) is 0.375. The Kier molecular flexibility index (Phi) is 5.61. The molecule has 0 aliphatic carbocycles. The van der Waals surface area contributed by atoms with Gasteiger partial charge in [0.2, 0.25) is 0 Å². The van der Waals surface area contributed by atoms with E-state index < -0.39 is 10.0 Å². The molecule has 0 fully saturated rings. The molecular weight excluding hydrogens is 346 g/mol. The van der Waals surface area contributed by atoms with E-state index in [0.29, 0.717) is 10.6 Å². The van der Waals surface area contributed by atoms with Crippen LogP contribution in [-0.2, 0) is 10.0 Å². The Morgan fingerprint density at radius 1 is 1.25 bits per heavy atom. The monoisotopic (exact) mass is 367 g/mol. The van der Waals surface area contributed by atoms with E-state index in [-0.39, 0.29) is 22.0 Å². The molecule has 24 heavy (non-hydrogen) atoms. The minimum absolute atomic E-state index is 0.0479. The van der Waals surface area contributed by atoms with Gasteiger partial charge in [-0.3, -0.25) is 9.52 Å². The second kappa shape index (κ2) is 7.31. The second-order valence-corrected chi connectivity index (χ2v) is 8.32. The van der Waals surface area contributed by atoms with E-state index in [4.69, 9.17) is 0 Å². The minimum atomic E-state index is -3.72. The number of aromatic nitrogens is 1. The molecule has 0 saturated heterocycles. The molecule has 1 heterocycles. The van der Waals surface area contributed by atoms with Crippen molar-refractivity contribution in [3.05, 3.63) is 40.4 Å². The molecule has 1 unspecified atom stereocenters. The third-order valence-electron chi connectivity index (χ3n) is 3.55. The minimum Gasteiger partial charge on any atom is -0.349 e. The Labute approximate surface area is 146 Å². The SMILES string of the molecule is CCC(C)NC(=O)c1sc(NS(=O)(=O)c2ccc(C)cc2)nc1C. The summed E-state index contributed by atoms with van der Waals surface area (Å²) in [7, 11) is -3.72. The van der Waals surface area contributed by atoms with E-state index >= 15 is 0 Å². The van der Waals surface area contributed by atoms with Crippen molar-refractivity contribution >= 4 is 32.4 Å². The third kappa shape index (κ3) is 4.33. The number of nitrogens with one attached hydrogen (secondary N) is 2. The maximum absolute atomic E-state index is 12.4. The van der Waals surface area contributed by atoms with Gasteiger partial charge in [0, 0.05) is 6.04 Å². The highest BCUT2D eigenvalue weighted by molar-refractivity contribution is 7.93. The largest absolute Gasteiger partial charge is 0.349 e. The third-order valence-corrected chi connectivity index (χ3v) is 6.10. The number of aryl methyl sites for hydroxylation is 2. The van der Waals surface area contributed by atoms with Crippen LogP contribution in [0, 0.1) is 13.8 Å². The number of hydrogen-bond donors (Lipinski definition) is 2. The first kappa shape index (κ1) is 18.4. The number of benzene rings is 1. The number of amides is 1. The molecule has 2 aromatic rings. The van der Waals surface area contributed by atoms with Gasteiger partial charge in [-0.15, -0.1) is 0 Å². The summed E-state index contributed by atoms with van der Waals surface area (Å²) < 4.78 is 27.2. The molecule has 0 radical (unpaired) electrons. The standard InChI is InChI=1S/C16H21N3O3S2/c1-5-11(3)17-15(20)14-12(4)18-16(23-14)19-24(21,22)13-8-6-10(2)7-9-13/h6-9,11H,5H2,1-4H3,(H,17,20)(H,18,19). The van der Waals surface area contributed by atoms with E-state index in [1.165, 1.54) is 12.1 Å². The number of rotatable bonds is 6. The van der Waals surface area contributed by atoms with Gasteiger partial charge in [0.1, 0.15) is 4.88 Å². The number of hydrogen-bond acceptors (Lipinski definition) is 5. The van der Waals surface area contributed by atoms with Gasteiger partial charge in [-0.05, 0) is 39.3 Å². The van der Waals surface area contributed by atoms with Gasteiger partial charge < -0.3 is 5.32 Å². The molecular formula is C16H21N3O3S2. The molecule has 0 aliphatic heterocycles. The van der Waals surface area contributed by atoms with Gasteiger partial charge in [0.05, 0.1) is 10.6 Å². The van der Waals surface area contributed by atoms with Gasteiger partial charge in [-0.2, -0.15) is 0 Å². The van der Waals surface area contributed by atoms with Gasteiger partial charge in [0.25, 0.3) is 15.9 Å². The average molecular weight is 367 g/mol. The summed E-state index contributed by atoms with van der Waals surface area (Å²) in [5, 5.41) is 3.04. The normalized spacial score (nSPS) is 12.7. The van der Waals surface area contributed by atoms with Crippen LogP contribution in [0.15, 0.2) is 29.2 Å². The molecule has 8 heteroatoms. The number of sulfonamides is 1. The number of carbonyl (C=O) groups is 1. The van der Waals surface area contributed by atoms with Crippen molar-refractivity contribution in [2.24, 2.45) is 0 Å². The van der Waals surface area contributed by atoms with Gasteiger partial charge in [-0.1, -0.05) is 36.0 Å². The molecule has 1 atom stereocenters. The molecule has 130 valence electrons. The number of carbonyl (C=O) groups excluding carboxylic acids is 1. The predicted octanol–water partition coefficient (Wildman–Crippen LogP) is 3.09. The zero-order valence-corrected chi connectivity index (χ0v) is 15.7. The lowest BCUT2D eigenvalue weighted by Crippen LogP contribution is -2.31. The zero-order valence-electron chi connectivity index (χ0n) is 14.1. The first-order valence-corrected chi connectivity index (χ1v) is 9.90. The Bertz CT molecular complexity index is 827. The van der Waals surface area contributed by atoms with Crippen LogP contribution in [0.2, 0.25) is 0 Å². The number of thiazole rings is 1. The fourth-order valence-corrected chi connectivity index (χ4v) is 4.04. The number of nitrogens with zero attached hydrogens (tertiary/aromatic N) is 1. The molecule has 0 bridgehead atoms. The van der Waals surface area contributed by atoms with Crippen LogP contribution in [-0.4, -0.2) is 25.4 Å². The maximum Gasteiger partial charge on any atom is 0.263 e. The second-order valence-electron chi connectivity index (χ2n) is 5.63. The summed E-state index contributed by atoms with van der Waals surface area (Å²) in [6, 6.07) is 6.58. The molecule has 0 aliphatic rings. The van der Waals surface area contributed by atoms with Crippen molar-refractivity contribution in [2.45, 2.75) is 45.1 Å². The lowest BCUT2D eigenvalue weighted by atomic mass is 10.2. The maximum atomic E-state index is 12.4. The Balaban J connectivity index is 2.20. The summed E-state index contributed by atoms with van der Waals surface area (Å²) >= 11 is 1.03. The van der Waals surface area contributed by atoms with Crippen molar-refractivity contribution in [3.8, 4) is 0 Å². The van der Waals surface area contributed by atoms with E-state index in [1.807, 2.05) is 20.8 Å². The summed E-state index contributed by atoms with van der Waals surface area (Å²) in [6.45, 7) is 7.46. The smallest absolute Gasteiger partial charge is 0.263 e. The quantitative estimate of drug-likeness (QED) is 0.821. The molecule has 6 nitrogen and oxygen atoms in total. The van der Waals surface area contributed by atoms with Crippen LogP contribution in [0.25, 0.3) is 0 Å². The van der Waals surface area contributed by atoms with Gasteiger partial charge in [0.15, 0.2) is 5.13 Å². The fourth-order valence-electron chi connectivity index (χ4n) is 1.93. The van der Waals surface area contributed by atoms with Gasteiger partial charge >= 0.3 is 0 Å². The van der Waals surface area contributed by atoms with Crippen LogP contribution < -0.4 is 10.0 Å². The summed E-state index contributed by atoms with van der Waals surface area (Å²) in [5.41, 5.74) is 1.48. The molecule has 0 spiro atoms. The molecule has 2 rings (SSSR count). The molecule has 1 aromatic carbocycles. The zero-order chi connectivity index (χ0) is 17.9. The first-order valence-electron chi connectivity index (χ1n) is 7.60. The lowest BCUT2D eigenvalue weighted by Gasteiger charge is -2.10. The highest BCUT2D eigenvalue weighted by Crippen LogP contribution is 2.25. The topological polar surface area (TPSA) is 88.2 Å². The molecule has 2 N–H and O–H groups in total. The van der Waals surface area contributed by atoms with Crippen molar-refractivity contribution in [2.75, 3.05) is 4.72 Å². The van der Waals surface area contributed by atoms with Crippen molar-refractivity contribution < 1.29 is 13.2 Å². The van der Waals surface area contributed by atoms with E-state index in [9.17, 15) is 13.2 Å². The molecule has 0 saturated carbocycles. The van der Waals surface area contributed by atoms with Crippen LogP contribution >= 0.6 is 11.3 Å².